The SMILES string of the molecule is CCCCCCn1c(C)nc2c(c1=O)c1nc3ccccc3nc1n2/N=C/c1cccc(C)c1. The first kappa shape index (κ1) is 21.9. The third kappa shape index (κ3) is 3.98. The molecule has 0 N–H and O–H groups in total. The number of nitrogens with zero attached hydrogens (tertiary/aromatic N) is 6. The molecule has 172 valence electrons. The van der Waals surface area contributed by atoms with E-state index in [1.165, 1.54) is 0 Å². The summed E-state index contributed by atoms with van der Waals surface area (Å²) in [5.41, 5.74) is 5.08. The number of fused-ring (bicyclic) bond motifs is 4. The molecule has 2 aromatic carbocycles. The van der Waals surface area contributed by atoms with Crippen molar-refractivity contribution in [3.05, 3.63) is 75.8 Å². The predicted octanol–water partition coefficient (Wildman–Crippen LogP) is 5.37. The molecule has 0 saturated heterocycles. The molecule has 5 aromatic rings. The van der Waals surface area contributed by atoms with Crippen molar-refractivity contribution in [3.63, 3.8) is 0 Å². The maximum Gasteiger partial charge on any atom is 0.265 e. The standard InChI is InChI=1S/C27H28N6O/c1-4-5-6-9-15-32-19(3)29-25-23(27(32)34)24-26(31-22-14-8-7-13-21(22)30-24)33(25)28-17-20-12-10-11-18(2)16-20/h7-8,10-14,16-17H,4-6,9,15H2,1-3H3/b28-17+. The van der Waals surface area contributed by atoms with E-state index in [1.807, 2.05) is 56.3 Å². The molecule has 0 atom stereocenters. The second-order valence-corrected chi connectivity index (χ2v) is 8.73. The van der Waals surface area contributed by atoms with Gasteiger partial charge in [0, 0.05) is 6.54 Å². The molecule has 0 spiro atoms. The fourth-order valence-electron chi connectivity index (χ4n) is 4.36. The zero-order chi connectivity index (χ0) is 23.7. The highest BCUT2D eigenvalue weighted by molar-refractivity contribution is 6.05. The summed E-state index contributed by atoms with van der Waals surface area (Å²) in [5, 5.41) is 5.19. The summed E-state index contributed by atoms with van der Waals surface area (Å²) in [5.74, 6) is 0.674. The Hall–Kier alpha value is -3.87. The summed E-state index contributed by atoms with van der Waals surface area (Å²) in [6.07, 6.45) is 6.12. The van der Waals surface area contributed by atoms with Crippen LogP contribution in [0.3, 0.4) is 0 Å². The molecule has 34 heavy (non-hydrogen) atoms. The van der Waals surface area contributed by atoms with E-state index in [2.05, 4.69) is 13.0 Å². The molecular weight excluding hydrogens is 424 g/mol. The van der Waals surface area contributed by atoms with Gasteiger partial charge in [-0.05, 0) is 38.0 Å². The van der Waals surface area contributed by atoms with Gasteiger partial charge in [0.1, 0.15) is 16.7 Å². The lowest BCUT2D eigenvalue weighted by Gasteiger charge is -2.09. The molecular formula is C27H28N6O. The number of aryl methyl sites for hydroxylation is 2. The number of hydrogen-bond donors (Lipinski definition) is 0. The highest BCUT2D eigenvalue weighted by atomic mass is 16.1. The van der Waals surface area contributed by atoms with Gasteiger partial charge >= 0.3 is 0 Å². The molecule has 3 aromatic heterocycles. The third-order valence-electron chi connectivity index (χ3n) is 6.13. The molecule has 0 amide bonds. The molecule has 7 heteroatoms. The van der Waals surface area contributed by atoms with Crippen LogP contribution in [0.1, 0.15) is 49.6 Å². The summed E-state index contributed by atoms with van der Waals surface area (Å²) in [4.78, 5) is 28.2. The van der Waals surface area contributed by atoms with E-state index in [0.717, 1.165) is 47.8 Å². The van der Waals surface area contributed by atoms with Crippen LogP contribution in [0, 0.1) is 13.8 Å². The Morgan fingerprint density at radius 2 is 1.71 bits per heavy atom. The molecule has 0 radical (unpaired) electrons. The van der Waals surface area contributed by atoms with Crippen molar-refractivity contribution < 1.29 is 0 Å². The molecule has 0 bridgehead atoms. The molecule has 0 unspecified atom stereocenters. The fourth-order valence-corrected chi connectivity index (χ4v) is 4.36. The Morgan fingerprint density at radius 3 is 2.47 bits per heavy atom. The molecule has 7 nitrogen and oxygen atoms in total. The van der Waals surface area contributed by atoms with E-state index >= 15 is 0 Å². The number of para-hydroxylation sites is 2. The van der Waals surface area contributed by atoms with E-state index in [9.17, 15) is 4.79 Å². The number of unbranched alkanes of at least 4 members (excludes halogenated alkanes) is 3. The van der Waals surface area contributed by atoms with Gasteiger partial charge in [-0.25, -0.2) is 15.0 Å². The van der Waals surface area contributed by atoms with E-state index in [4.69, 9.17) is 20.1 Å². The molecule has 0 aliphatic rings. The highest BCUT2D eigenvalue weighted by Crippen LogP contribution is 2.25. The number of hydrogen-bond acceptors (Lipinski definition) is 5. The van der Waals surface area contributed by atoms with Crippen LogP contribution in [-0.4, -0.2) is 30.4 Å². The molecule has 3 heterocycles. The minimum atomic E-state index is -0.0851. The second-order valence-electron chi connectivity index (χ2n) is 8.73. The van der Waals surface area contributed by atoms with Crippen LogP contribution in [0.4, 0.5) is 0 Å². The van der Waals surface area contributed by atoms with Gasteiger partial charge in [-0.2, -0.15) is 9.78 Å². The first-order valence-corrected chi connectivity index (χ1v) is 11.9. The minimum absolute atomic E-state index is 0.0851. The average Bonchev–Trinajstić information content (AvgIpc) is 3.12. The van der Waals surface area contributed by atoms with E-state index in [1.54, 1.807) is 15.5 Å². The smallest absolute Gasteiger partial charge is 0.265 e. The maximum absolute atomic E-state index is 13.7. The van der Waals surface area contributed by atoms with E-state index in [-0.39, 0.29) is 5.56 Å². The van der Waals surface area contributed by atoms with Gasteiger partial charge < -0.3 is 0 Å². The van der Waals surface area contributed by atoms with Gasteiger partial charge in [-0.1, -0.05) is 68.1 Å². The Labute approximate surface area is 197 Å². The van der Waals surface area contributed by atoms with E-state index < -0.39 is 0 Å². The quantitative estimate of drug-likeness (QED) is 0.246. The molecule has 0 aliphatic carbocycles. The normalized spacial score (nSPS) is 12.0. The van der Waals surface area contributed by atoms with Crippen molar-refractivity contribution in [2.75, 3.05) is 0 Å². The third-order valence-corrected chi connectivity index (χ3v) is 6.13. The molecule has 0 fully saturated rings. The average molecular weight is 453 g/mol. The van der Waals surface area contributed by atoms with E-state index in [0.29, 0.717) is 34.6 Å². The summed E-state index contributed by atoms with van der Waals surface area (Å²) >= 11 is 0. The highest BCUT2D eigenvalue weighted by Gasteiger charge is 2.21. The first-order valence-electron chi connectivity index (χ1n) is 11.9. The number of benzene rings is 2. The fraction of sp³-hybridized carbons (Fsp3) is 0.296. The summed E-state index contributed by atoms with van der Waals surface area (Å²) in [6.45, 7) is 6.75. The molecule has 5 rings (SSSR count). The monoisotopic (exact) mass is 452 g/mol. The summed E-state index contributed by atoms with van der Waals surface area (Å²) in [6, 6.07) is 15.8. The van der Waals surface area contributed by atoms with Gasteiger partial charge in [0.05, 0.1) is 17.2 Å². The molecule has 0 aliphatic heterocycles. The zero-order valence-corrected chi connectivity index (χ0v) is 19.8. The lowest BCUT2D eigenvalue weighted by Crippen LogP contribution is -2.24. The Bertz CT molecular complexity index is 1590. The van der Waals surface area contributed by atoms with Gasteiger partial charge in [0.15, 0.2) is 11.3 Å². The van der Waals surface area contributed by atoms with Crippen LogP contribution in [-0.2, 0) is 6.54 Å². The lowest BCUT2D eigenvalue weighted by molar-refractivity contribution is 0.556. The Kier molecular flexibility index (Phi) is 5.92. The van der Waals surface area contributed by atoms with Crippen molar-refractivity contribution in [3.8, 4) is 0 Å². The summed E-state index contributed by atoms with van der Waals surface area (Å²) in [7, 11) is 0. The summed E-state index contributed by atoms with van der Waals surface area (Å²) < 4.78 is 3.42. The van der Waals surface area contributed by atoms with Crippen LogP contribution in [0.15, 0.2) is 58.4 Å². The lowest BCUT2D eigenvalue weighted by atomic mass is 10.2. The predicted molar refractivity (Wildman–Crippen MR) is 138 cm³/mol. The van der Waals surface area contributed by atoms with Gasteiger partial charge in [-0.15, -0.1) is 0 Å². The maximum atomic E-state index is 13.7. The van der Waals surface area contributed by atoms with Gasteiger partial charge in [0.25, 0.3) is 5.56 Å². The first-order chi connectivity index (χ1) is 16.6. The molecule has 0 saturated carbocycles. The Morgan fingerprint density at radius 1 is 0.912 bits per heavy atom. The van der Waals surface area contributed by atoms with Crippen molar-refractivity contribution in [2.24, 2.45) is 5.10 Å². The van der Waals surface area contributed by atoms with Crippen molar-refractivity contribution in [1.29, 1.82) is 0 Å². The Balaban J connectivity index is 1.75. The van der Waals surface area contributed by atoms with Crippen molar-refractivity contribution in [1.82, 2.24) is 24.2 Å². The van der Waals surface area contributed by atoms with Crippen LogP contribution in [0.5, 0.6) is 0 Å². The zero-order valence-electron chi connectivity index (χ0n) is 19.8. The topological polar surface area (TPSA) is 78.0 Å². The van der Waals surface area contributed by atoms with Gasteiger partial charge in [-0.3, -0.25) is 9.36 Å². The van der Waals surface area contributed by atoms with Crippen LogP contribution < -0.4 is 5.56 Å². The van der Waals surface area contributed by atoms with Crippen LogP contribution >= 0.6 is 0 Å². The minimum Gasteiger partial charge on any atom is -0.296 e. The van der Waals surface area contributed by atoms with Crippen molar-refractivity contribution in [2.45, 2.75) is 53.0 Å². The van der Waals surface area contributed by atoms with Crippen LogP contribution in [0.25, 0.3) is 33.2 Å². The largest absolute Gasteiger partial charge is 0.296 e. The van der Waals surface area contributed by atoms with Crippen molar-refractivity contribution >= 4 is 39.4 Å². The van der Waals surface area contributed by atoms with Crippen LogP contribution in [0.2, 0.25) is 0 Å². The number of aromatic nitrogens is 5. The second kappa shape index (κ2) is 9.17. The number of rotatable bonds is 7. The van der Waals surface area contributed by atoms with Gasteiger partial charge in [0.2, 0.25) is 0 Å².